The van der Waals surface area contributed by atoms with Gasteiger partial charge in [0, 0.05) is 64.4 Å². The van der Waals surface area contributed by atoms with Crippen molar-refractivity contribution in [2.45, 2.75) is 277 Å². The molecule has 8 saturated heterocycles. The van der Waals surface area contributed by atoms with Crippen molar-refractivity contribution in [1.82, 2.24) is 0 Å². The zero-order valence-corrected chi connectivity index (χ0v) is 53.3. The second-order valence-corrected chi connectivity index (χ2v) is 39.1. The third-order valence-corrected chi connectivity index (χ3v) is 29.7. The summed E-state index contributed by atoms with van der Waals surface area (Å²) in [4.78, 5) is 26.3. The molecule has 0 saturated carbocycles. The van der Waals surface area contributed by atoms with Crippen LogP contribution in [0.3, 0.4) is 0 Å². The van der Waals surface area contributed by atoms with Crippen molar-refractivity contribution in [2.75, 3.05) is 13.7 Å². The van der Waals surface area contributed by atoms with Gasteiger partial charge in [0.05, 0.1) is 72.5 Å². The van der Waals surface area contributed by atoms with Crippen molar-refractivity contribution < 1.29 is 68.9 Å². The Labute approximate surface area is 477 Å². The van der Waals surface area contributed by atoms with Gasteiger partial charge in [-0.2, -0.15) is 8.42 Å². The topological polar surface area (TPSA) is 170 Å². The summed E-state index contributed by atoms with van der Waals surface area (Å²) in [6.45, 7) is 35.6. The van der Waals surface area contributed by atoms with Gasteiger partial charge in [-0.05, 0) is 103 Å². The van der Waals surface area contributed by atoms with Gasteiger partial charge in [0.15, 0.2) is 22.4 Å². The Morgan fingerprint density at radius 2 is 1.53 bits per heavy atom. The van der Waals surface area contributed by atoms with E-state index in [9.17, 15) is 18.0 Å². The van der Waals surface area contributed by atoms with Crippen LogP contribution in [0.4, 0.5) is 0 Å². The second kappa shape index (κ2) is 24.6. The largest absolute Gasteiger partial charge is 0.414 e. The SMILES string of the molecule is C=C(Br)CC(CC[C@@]12C[C@H]3OC4[C@@H](O[C@H]5CC[C@H](CC(=O)C[C@@H]6[C@@H](OC)[C@@H](CC(CO[Si](C)(C)C(C)(C)C)O[Si](C)(C)C(C)(C)C)O[C@H]6C[C@H]6O[C@@H](CCC=O)C[C@@H](C)C6=C)O[C@@H]5[C@@H]4O1)[C@H]3O2)OS(=O)(=O)c1ccc(C)cc1. The van der Waals surface area contributed by atoms with E-state index in [1.807, 2.05) is 6.92 Å². The monoisotopic (exact) mass is 1210 g/mol. The van der Waals surface area contributed by atoms with Crippen LogP contribution in [-0.2, 0) is 70.6 Å². The number of fused-ring (bicyclic) bond motifs is 1. The molecule has 440 valence electrons. The molecule has 18 atom stereocenters. The Morgan fingerprint density at radius 3 is 2.18 bits per heavy atom. The summed E-state index contributed by atoms with van der Waals surface area (Å²) in [7, 11) is -6.81. The smallest absolute Gasteiger partial charge is 0.297 e. The lowest BCUT2D eigenvalue weighted by molar-refractivity contribution is -0.292. The zero-order chi connectivity index (χ0) is 56.9. The van der Waals surface area contributed by atoms with Crippen LogP contribution in [0.2, 0.25) is 36.3 Å². The second-order valence-electron chi connectivity index (χ2n) is 26.9. The highest BCUT2D eigenvalue weighted by molar-refractivity contribution is 9.11. The molecule has 1 aromatic rings. The van der Waals surface area contributed by atoms with Crippen LogP contribution in [0.25, 0.3) is 0 Å². The third kappa shape index (κ3) is 14.2. The first-order valence-corrected chi connectivity index (χ1v) is 36.9. The summed E-state index contributed by atoms with van der Waals surface area (Å²) >= 11 is 3.44. The van der Waals surface area contributed by atoms with Crippen molar-refractivity contribution in [3.63, 3.8) is 0 Å². The molecule has 8 heterocycles. The van der Waals surface area contributed by atoms with Crippen LogP contribution in [0.15, 0.2) is 52.4 Å². The lowest BCUT2D eigenvalue weighted by Crippen LogP contribution is -2.61. The van der Waals surface area contributed by atoms with Gasteiger partial charge < -0.3 is 51.5 Å². The number of hydrogen-bond acceptors (Lipinski definition) is 15. The van der Waals surface area contributed by atoms with E-state index in [2.05, 4.69) is 104 Å². The number of halogens is 1. The quantitative estimate of drug-likeness (QED) is 0.0392. The summed E-state index contributed by atoms with van der Waals surface area (Å²) in [5, 5.41) is -0.0304. The predicted octanol–water partition coefficient (Wildman–Crippen LogP) is 11.4. The average molecular weight is 1210 g/mol. The molecule has 0 N–H and O–H groups in total. The zero-order valence-electron chi connectivity index (χ0n) is 48.9. The molecule has 8 fully saturated rings. The van der Waals surface area contributed by atoms with E-state index in [0.717, 1.165) is 23.8 Å². The Balaban J connectivity index is 0.983. The van der Waals surface area contributed by atoms with Crippen LogP contribution in [0.5, 0.6) is 0 Å². The Hall–Kier alpha value is -1.54. The van der Waals surface area contributed by atoms with Crippen molar-refractivity contribution in [3.05, 3.63) is 53.0 Å². The van der Waals surface area contributed by atoms with Gasteiger partial charge >= 0.3 is 0 Å². The van der Waals surface area contributed by atoms with Gasteiger partial charge in [-0.3, -0.25) is 8.98 Å². The van der Waals surface area contributed by atoms with Crippen LogP contribution in [0, 0.1) is 18.8 Å². The highest BCUT2D eigenvalue weighted by Gasteiger charge is 2.69. The summed E-state index contributed by atoms with van der Waals surface area (Å²) in [5.74, 6) is -1.16. The molecule has 0 aliphatic carbocycles. The number of rotatable bonds is 25. The number of carbonyl (C=O) groups is 2. The number of hydrogen-bond donors (Lipinski definition) is 0. The van der Waals surface area contributed by atoms with E-state index in [-0.39, 0.29) is 94.6 Å². The lowest BCUT2D eigenvalue weighted by atomic mass is 9.81. The summed E-state index contributed by atoms with van der Waals surface area (Å²) in [6, 6.07) is 6.60. The molecule has 0 amide bonds. The standard InChI is InChI=1S/C59H93BrO15SSi2/c1-35-18-21-44(22-19-35)76(63,64)74-42(28-37(3)60)24-25-59-33-50-53(72-59)54-55(71-50)56(73-59)52-46(70-54)23-20-41(68-52)29-39(62)30-45-48(32-47-38(4)36(2)27-40(67-47)17-16-26-61)69-49(51(45)65-11)31-43(75-78(14,15)58(8,9)10)34-66-77(12,13)57(5,6)7/h18-19,21-22,26,36,40-43,45-56H,3-4,16-17,20,23-25,27-34H2,1-2,5-15H3/t36-,40+,41-,42?,43?,45+,46+,47-,48+,49-,50-,51-,52+,53+,54+,55?,56+,59+/m1/s1. The summed E-state index contributed by atoms with van der Waals surface area (Å²) < 4.78 is 102. The number of ether oxygens (including phenoxy) is 8. The highest BCUT2D eigenvalue weighted by Crippen LogP contribution is 2.54. The fourth-order valence-corrected chi connectivity index (χ4v) is 16.3. The molecular formula is C59H93BrO15SSi2. The minimum atomic E-state index is -4.08. The van der Waals surface area contributed by atoms with Gasteiger partial charge in [-0.15, -0.1) is 0 Å². The number of aryl methyl sites for hydroxylation is 1. The lowest BCUT2D eigenvalue weighted by Gasteiger charge is -2.47. The average Bonchev–Trinajstić information content (AvgIpc) is 3.98. The molecule has 3 unspecified atom stereocenters. The molecular weight excluding hydrogens is 1120 g/mol. The van der Waals surface area contributed by atoms with Crippen LogP contribution in [-0.4, -0.2) is 148 Å². The number of benzene rings is 1. The fourth-order valence-electron chi connectivity index (χ4n) is 12.5. The van der Waals surface area contributed by atoms with Crippen LogP contribution < -0.4 is 0 Å². The maximum Gasteiger partial charge on any atom is 0.297 e. The predicted molar refractivity (Wildman–Crippen MR) is 306 cm³/mol. The van der Waals surface area contributed by atoms with E-state index in [1.54, 1.807) is 31.4 Å². The molecule has 15 nitrogen and oxygen atoms in total. The number of aldehydes is 1. The molecule has 0 radical (unpaired) electrons. The first-order valence-electron chi connectivity index (χ1n) is 28.9. The van der Waals surface area contributed by atoms with Crippen molar-refractivity contribution in [1.29, 1.82) is 0 Å². The van der Waals surface area contributed by atoms with Gasteiger partial charge in [-0.1, -0.05) is 95.3 Å². The van der Waals surface area contributed by atoms with Crippen molar-refractivity contribution >= 4 is 54.8 Å². The molecule has 6 bridgehead atoms. The molecule has 8 aliphatic heterocycles. The molecule has 78 heavy (non-hydrogen) atoms. The maximum atomic E-state index is 14.8. The normalized spacial score (nSPS) is 35.8. The summed E-state index contributed by atoms with van der Waals surface area (Å²) in [5.41, 5.74) is 1.94. The Morgan fingerprint density at radius 1 is 0.859 bits per heavy atom. The van der Waals surface area contributed by atoms with E-state index in [1.165, 1.54) is 0 Å². The van der Waals surface area contributed by atoms with Gasteiger partial charge in [0.2, 0.25) is 0 Å². The number of methoxy groups -OCH3 is 1. The molecule has 19 heteroatoms. The Bertz CT molecular complexity index is 2390. The first-order chi connectivity index (χ1) is 36.4. The van der Waals surface area contributed by atoms with E-state index < -0.39 is 81.4 Å². The van der Waals surface area contributed by atoms with E-state index in [4.69, 9.17) is 50.9 Å². The molecule has 8 aliphatic rings. The molecule has 1 aromatic carbocycles. The maximum absolute atomic E-state index is 14.8. The first kappa shape index (κ1) is 62.5. The van der Waals surface area contributed by atoms with Crippen molar-refractivity contribution in [3.8, 4) is 0 Å². The minimum Gasteiger partial charge on any atom is -0.414 e. The molecule has 0 aromatic heterocycles. The highest BCUT2D eigenvalue weighted by atomic mass is 79.9. The summed E-state index contributed by atoms with van der Waals surface area (Å²) in [6.07, 6.45) is 1.12. The van der Waals surface area contributed by atoms with Crippen molar-refractivity contribution in [2.24, 2.45) is 11.8 Å². The fraction of sp³-hybridized carbons (Fsp3) is 0.797. The molecule has 9 rings (SSSR count). The van der Waals surface area contributed by atoms with Crippen LogP contribution >= 0.6 is 15.9 Å². The number of carbonyl (C=O) groups excluding carboxylic acids is 2. The van der Waals surface area contributed by atoms with Gasteiger partial charge in [0.25, 0.3) is 10.1 Å². The number of ketones is 1. The Kier molecular flexibility index (Phi) is 19.7. The van der Waals surface area contributed by atoms with Crippen LogP contribution in [0.1, 0.15) is 138 Å². The van der Waals surface area contributed by atoms with E-state index in [0.29, 0.717) is 68.9 Å². The third-order valence-electron chi connectivity index (χ3n) is 19.0. The minimum absolute atomic E-state index is 0.00984. The number of Topliss-reactive ketones (excluding diaryl/α,β-unsaturated/α-hetero) is 1. The van der Waals surface area contributed by atoms with E-state index >= 15 is 0 Å². The van der Waals surface area contributed by atoms with Gasteiger partial charge in [0.1, 0.15) is 42.6 Å². The van der Waals surface area contributed by atoms with Gasteiger partial charge in [-0.25, -0.2) is 0 Å². The molecule has 0 spiro atoms.